The Bertz CT molecular complexity index is 480. The fraction of sp³-hybridized carbons (Fsp3) is 0.588. The number of carbonyl (C=O) groups is 1. The Balaban J connectivity index is 1.70. The normalized spacial score (nSPS) is 23.3. The molecule has 2 nitrogen and oxygen atoms in total. The second-order valence-corrected chi connectivity index (χ2v) is 6.08. The number of aryl methyl sites for hydroxylation is 2. The molecular weight excluding hydrogens is 234 g/mol. The van der Waals surface area contributed by atoms with Gasteiger partial charge in [-0.15, -0.1) is 0 Å². The van der Waals surface area contributed by atoms with Gasteiger partial charge in [0.2, 0.25) is 0 Å². The first-order valence-electron chi connectivity index (χ1n) is 7.63. The van der Waals surface area contributed by atoms with Crippen molar-refractivity contribution in [1.29, 1.82) is 0 Å². The van der Waals surface area contributed by atoms with Crippen LogP contribution in [0.25, 0.3) is 0 Å². The Hall–Kier alpha value is -1.15. The van der Waals surface area contributed by atoms with Crippen molar-refractivity contribution in [1.82, 2.24) is 4.90 Å². The first-order valence-corrected chi connectivity index (χ1v) is 7.63. The molecular formula is C17H23NO. The molecule has 2 heteroatoms. The summed E-state index contributed by atoms with van der Waals surface area (Å²) in [6, 6.07) is 6.89. The van der Waals surface area contributed by atoms with Crippen molar-refractivity contribution in [3.63, 3.8) is 0 Å². The van der Waals surface area contributed by atoms with E-state index >= 15 is 0 Å². The highest BCUT2D eigenvalue weighted by Gasteiger charge is 2.21. The first-order chi connectivity index (χ1) is 9.24. The number of ketones is 1. The van der Waals surface area contributed by atoms with E-state index in [9.17, 15) is 4.79 Å². The van der Waals surface area contributed by atoms with E-state index in [1.54, 1.807) is 0 Å². The van der Waals surface area contributed by atoms with E-state index in [2.05, 4.69) is 24.0 Å². The highest BCUT2D eigenvalue weighted by Crippen LogP contribution is 2.23. The third-order valence-corrected chi connectivity index (χ3v) is 4.71. The standard InChI is InChI=1S/C17H23NO/c1-13-5-2-3-10-18(13)12-17(19)16-9-8-14-6-4-7-15(14)11-16/h8-9,11,13H,2-7,10,12H2,1H3. The van der Waals surface area contributed by atoms with Gasteiger partial charge < -0.3 is 0 Å². The maximum absolute atomic E-state index is 12.4. The van der Waals surface area contributed by atoms with E-state index < -0.39 is 0 Å². The molecule has 3 rings (SSSR count). The minimum Gasteiger partial charge on any atom is -0.293 e. The van der Waals surface area contributed by atoms with Gasteiger partial charge >= 0.3 is 0 Å². The Labute approximate surface area is 115 Å². The van der Waals surface area contributed by atoms with Crippen molar-refractivity contribution in [2.45, 2.75) is 51.5 Å². The van der Waals surface area contributed by atoms with E-state index in [1.165, 1.54) is 43.2 Å². The minimum absolute atomic E-state index is 0.295. The van der Waals surface area contributed by atoms with Crippen LogP contribution in [0.3, 0.4) is 0 Å². The lowest BCUT2D eigenvalue weighted by molar-refractivity contribution is 0.0860. The van der Waals surface area contributed by atoms with Gasteiger partial charge in [0.15, 0.2) is 5.78 Å². The van der Waals surface area contributed by atoms with Gasteiger partial charge in [0.05, 0.1) is 6.54 Å². The zero-order chi connectivity index (χ0) is 13.2. The molecule has 0 aromatic heterocycles. The zero-order valence-corrected chi connectivity index (χ0v) is 11.8. The van der Waals surface area contributed by atoms with E-state index in [4.69, 9.17) is 0 Å². The number of carbonyl (C=O) groups excluding carboxylic acids is 1. The average Bonchev–Trinajstić information content (AvgIpc) is 2.88. The van der Waals surface area contributed by atoms with Gasteiger partial charge in [-0.3, -0.25) is 9.69 Å². The summed E-state index contributed by atoms with van der Waals surface area (Å²) in [7, 11) is 0. The largest absolute Gasteiger partial charge is 0.293 e. The molecule has 2 aliphatic rings. The van der Waals surface area contributed by atoms with Crippen LogP contribution in [-0.2, 0) is 12.8 Å². The SMILES string of the molecule is CC1CCCCN1CC(=O)c1ccc2c(c1)CCC2. The molecule has 1 aromatic rings. The van der Waals surface area contributed by atoms with Gasteiger partial charge in [-0.05, 0) is 62.8 Å². The molecule has 1 unspecified atom stereocenters. The molecule has 0 radical (unpaired) electrons. The maximum Gasteiger partial charge on any atom is 0.176 e. The molecule has 0 spiro atoms. The molecule has 1 aliphatic carbocycles. The van der Waals surface area contributed by atoms with Crippen molar-refractivity contribution in [2.75, 3.05) is 13.1 Å². The summed E-state index contributed by atoms with van der Waals surface area (Å²) in [5, 5.41) is 0. The lowest BCUT2D eigenvalue weighted by Gasteiger charge is -2.32. The molecule has 102 valence electrons. The number of Topliss-reactive ketones (excluding diaryl/α,β-unsaturated/α-hetero) is 1. The van der Waals surface area contributed by atoms with E-state index in [0.717, 1.165) is 18.5 Å². The molecule has 1 saturated heterocycles. The number of hydrogen-bond donors (Lipinski definition) is 0. The number of rotatable bonds is 3. The van der Waals surface area contributed by atoms with Crippen LogP contribution >= 0.6 is 0 Å². The van der Waals surface area contributed by atoms with Crippen LogP contribution in [0.5, 0.6) is 0 Å². The number of likely N-dealkylation sites (tertiary alicyclic amines) is 1. The highest BCUT2D eigenvalue weighted by atomic mass is 16.1. The van der Waals surface area contributed by atoms with Crippen LogP contribution in [0, 0.1) is 0 Å². The third kappa shape index (κ3) is 2.74. The van der Waals surface area contributed by atoms with Crippen LogP contribution in [0.4, 0.5) is 0 Å². The van der Waals surface area contributed by atoms with E-state index in [0.29, 0.717) is 18.4 Å². The minimum atomic E-state index is 0.295. The summed E-state index contributed by atoms with van der Waals surface area (Å²) in [6.07, 6.45) is 7.36. The van der Waals surface area contributed by atoms with E-state index in [-0.39, 0.29) is 0 Å². The molecule has 1 aliphatic heterocycles. The number of piperidine rings is 1. The topological polar surface area (TPSA) is 20.3 Å². The Morgan fingerprint density at radius 1 is 1.21 bits per heavy atom. The quantitative estimate of drug-likeness (QED) is 0.775. The maximum atomic E-state index is 12.4. The second-order valence-electron chi connectivity index (χ2n) is 6.08. The smallest absolute Gasteiger partial charge is 0.176 e. The number of benzene rings is 1. The zero-order valence-electron chi connectivity index (χ0n) is 11.8. The Morgan fingerprint density at radius 3 is 2.89 bits per heavy atom. The monoisotopic (exact) mass is 257 g/mol. The molecule has 0 N–H and O–H groups in total. The van der Waals surface area contributed by atoms with Gasteiger partial charge in [0.1, 0.15) is 0 Å². The van der Waals surface area contributed by atoms with Crippen molar-refractivity contribution in [3.8, 4) is 0 Å². The average molecular weight is 257 g/mol. The lowest BCUT2D eigenvalue weighted by atomic mass is 10.0. The third-order valence-electron chi connectivity index (χ3n) is 4.71. The Kier molecular flexibility index (Phi) is 3.69. The molecule has 0 saturated carbocycles. The van der Waals surface area contributed by atoms with Crippen molar-refractivity contribution in [3.05, 3.63) is 34.9 Å². The molecule has 19 heavy (non-hydrogen) atoms. The molecule has 1 heterocycles. The summed E-state index contributed by atoms with van der Waals surface area (Å²) in [4.78, 5) is 14.8. The van der Waals surface area contributed by atoms with Crippen LogP contribution in [-0.4, -0.2) is 29.8 Å². The number of fused-ring (bicyclic) bond motifs is 1. The highest BCUT2D eigenvalue weighted by molar-refractivity contribution is 5.97. The lowest BCUT2D eigenvalue weighted by Crippen LogP contribution is -2.40. The predicted molar refractivity (Wildman–Crippen MR) is 77.7 cm³/mol. The number of hydrogen-bond acceptors (Lipinski definition) is 2. The summed E-state index contributed by atoms with van der Waals surface area (Å²) in [5.41, 5.74) is 3.76. The van der Waals surface area contributed by atoms with Crippen molar-refractivity contribution in [2.24, 2.45) is 0 Å². The van der Waals surface area contributed by atoms with Crippen LogP contribution in [0.1, 0.15) is 54.1 Å². The van der Waals surface area contributed by atoms with Crippen molar-refractivity contribution < 1.29 is 4.79 Å². The fourth-order valence-corrected chi connectivity index (χ4v) is 3.41. The first kappa shape index (κ1) is 12.9. The summed E-state index contributed by atoms with van der Waals surface area (Å²) < 4.78 is 0. The van der Waals surface area contributed by atoms with Gasteiger partial charge in [0.25, 0.3) is 0 Å². The molecule has 1 aromatic carbocycles. The predicted octanol–water partition coefficient (Wildman–Crippen LogP) is 3.23. The summed E-state index contributed by atoms with van der Waals surface area (Å²) >= 11 is 0. The van der Waals surface area contributed by atoms with Gasteiger partial charge in [0, 0.05) is 11.6 Å². The van der Waals surface area contributed by atoms with Gasteiger partial charge in [-0.2, -0.15) is 0 Å². The summed E-state index contributed by atoms with van der Waals surface area (Å²) in [6.45, 7) is 3.92. The molecule has 1 fully saturated rings. The molecule has 0 bridgehead atoms. The number of nitrogens with zero attached hydrogens (tertiary/aromatic N) is 1. The summed E-state index contributed by atoms with van der Waals surface area (Å²) in [5.74, 6) is 0.295. The van der Waals surface area contributed by atoms with Gasteiger partial charge in [-0.1, -0.05) is 18.6 Å². The molecule has 0 amide bonds. The van der Waals surface area contributed by atoms with Crippen LogP contribution < -0.4 is 0 Å². The molecule has 1 atom stereocenters. The second kappa shape index (κ2) is 5.46. The van der Waals surface area contributed by atoms with Gasteiger partial charge in [-0.25, -0.2) is 0 Å². The Morgan fingerprint density at radius 2 is 2.05 bits per heavy atom. The van der Waals surface area contributed by atoms with Crippen molar-refractivity contribution >= 4 is 5.78 Å². The fourth-order valence-electron chi connectivity index (χ4n) is 3.41. The van der Waals surface area contributed by atoms with E-state index in [1.807, 2.05) is 6.07 Å². The van der Waals surface area contributed by atoms with Crippen LogP contribution in [0.15, 0.2) is 18.2 Å². The van der Waals surface area contributed by atoms with Crippen LogP contribution in [0.2, 0.25) is 0 Å².